The van der Waals surface area contributed by atoms with E-state index in [1.165, 1.54) is 0 Å². The van der Waals surface area contributed by atoms with Crippen LogP contribution in [0.2, 0.25) is 0 Å². The summed E-state index contributed by atoms with van der Waals surface area (Å²) in [6.07, 6.45) is -9.61. The molecule has 0 aliphatic heterocycles. The molecule has 1 nitrogen and oxygen atoms in total. The molecule has 7 heteroatoms. The second-order valence-electron chi connectivity index (χ2n) is 2.87. The highest BCUT2D eigenvalue weighted by molar-refractivity contribution is 5.43. The molecule has 0 saturated carbocycles. The van der Waals surface area contributed by atoms with E-state index in [0.29, 0.717) is 6.07 Å². The van der Waals surface area contributed by atoms with Crippen molar-refractivity contribution in [2.45, 2.75) is 12.4 Å². The van der Waals surface area contributed by atoms with E-state index < -0.39 is 29.0 Å². The van der Waals surface area contributed by atoms with Crippen LogP contribution in [-0.4, -0.2) is 0 Å². The van der Waals surface area contributed by atoms with E-state index in [-0.39, 0.29) is 12.1 Å². The second-order valence-corrected chi connectivity index (χ2v) is 2.87. The van der Waals surface area contributed by atoms with Crippen molar-refractivity contribution in [3.63, 3.8) is 0 Å². The van der Waals surface area contributed by atoms with Gasteiger partial charge in [-0.15, -0.1) is 0 Å². The normalized spacial score (nSPS) is 12.3. The smallest absolute Gasteiger partial charge is 0.192 e. The van der Waals surface area contributed by atoms with Crippen LogP contribution in [0, 0.1) is 11.3 Å². The number of benzene rings is 1. The lowest BCUT2D eigenvalue weighted by Gasteiger charge is -2.11. The Morgan fingerprint density at radius 3 is 1.88 bits per heavy atom. The van der Waals surface area contributed by atoms with E-state index in [0.717, 1.165) is 6.07 Å². The molecule has 86 valence electrons. The van der Waals surface area contributed by atoms with Gasteiger partial charge in [-0.3, -0.25) is 0 Å². The zero-order valence-electron chi connectivity index (χ0n) is 7.45. The lowest BCUT2D eigenvalue weighted by atomic mass is 10.0. The van der Waals surface area contributed by atoms with Crippen molar-refractivity contribution in [2.24, 2.45) is 0 Å². The first-order valence-electron chi connectivity index (χ1n) is 3.85. The van der Waals surface area contributed by atoms with Crippen molar-refractivity contribution in [3.05, 3.63) is 34.9 Å². The summed E-state index contributed by atoms with van der Waals surface area (Å²) in [5, 5.41) is 8.35. The van der Waals surface area contributed by atoms with Gasteiger partial charge < -0.3 is 0 Å². The SMILES string of the molecule is N#Cc1cc(C(F)(F)F)ccc1C(F)(F)F. The molecule has 0 unspecified atom stereocenters. The van der Waals surface area contributed by atoms with Crippen LogP contribution < -0.4 is 0 Å². The summed E-state index contributed by atoms with van der Waals surface area (Å²) in [7, 11) is 0. The van der Waals surface area contributed by atoms with E-state index in [1.54, 1.807) is 0 Å². The van der Waals surface area contributed by atoms with Crippen LogP contribution in [0.5, 0.6) is 0 Å². The summed E-state index contributed by atoms with van der Waals surface area (Å²) in [4.78, 5) is 0. The van der Waals surface area contributed by atoms with E-state index in [1.807, 2.05) is 0 Å². The second kappa shape index (κ2) is 3.70. The first-order valence-corrected chi connectivity index (χ1v) is 3.85. The molecule has 0 amide bonds. The van der Waals surface area contributed by atoms with Gasteiger partial charge in [-0.1, -0.05) is 0 Å². The number of hydrogen-bond donors (Lipinski definition) is 0. The quantitative estimate of drug-likeness (QED) is 0.634. The summed E-state index contributed by atoms with van der Waals surface area (Å²) >= 11 is 0. The monoisotopic (exact) mass is 239 g/mol. The molecule has 1 aromatic carbocycles. The molecule has 0 bridgehead atoms. The molecule has 0 N–H and O–H groups in total. The Bertz CT molecular complexity index is 437. The van der Waals surface area contributed by atoms with Gasteiger partial charge >= 0.3 is 12.4 Å². The van der Waals surface area contributed by atoms with Crippen LogP contribution in [0.25, 0.3) is 0 Å². The molecule has 0 spiro atoms. The first kappa shape index (κ1) is 12.4. The molecule has 0 radical (unpaired) electrons. The van der Waals surface area contributed by atoms with E-state index in [2.05, 4.69) is 0 Å². The molecule has 0 saturated heterocycles. The van der Waals surface area contributed by atoms with Gasteiger partial charge in [0.1, 0.15) is 0 Å². The minimum Gasteiger partial charge on any atom is -0.192 e. The predicted octanol–water partition coefficient (Wildman–Crippen LogP) is 3.60. The first-order chi connectivity index (χ1) is 7.16. The fourth-order valence-corrected chi connectivity index (χ4v) is 1.06. The lowest BCUT2D eigenvalue weighted by molar-refractivity contribution is -0.141. The summed E-state index contributed by atoms with van der Waals surface area (Å²) < 4.78 is 73.1. The van der Waals surface area contributed by atoms with Gasteiger partial charge in [0.05, 0.1) is 22.8 Å². The molecule has 0 atom stereocenters. The van der Waals surface area contributed by atoms with Crippen LogP contribution in [0.15, 0.2) is 18.2 Å². The largest absolute Gasteiger partial charge is 0.417 e. The Kier molecular flexibility index (Phi) is 2.86. The zero-order chi connectivity index (χ0) is 12.6. The zero-order valence-corrected chi connectivity index (χ0v) is 7.45. The van der Waals surface area contributed by atoms with E-state index in [4.69, 9.17) is 5.26 Å². The van der Waals surface area contributed by atoms with E-state index >= 15 is 0 Å². The molecule has 0 aromatic heterocycles. The van der Waals surface area contributed by atoms with Gasteiger partial charge in [0.15, 0.2) is 0 Å². The Labute approximate surface area is 85.9 Å². The maximum Gasteiger partial charge on any atom is 0.417 e. The van der Waals surface area contributed by atoms with Crippen LogP contribution >= 0.6 is 0 Å². The summed E-state index contributed by atoms with van der Waals surface area (Å²) in [6.45, 7) is 0. The van der Waals surface area contributed by atoms with Crippen molar-refractivity contribution in [2.75, 3.05) is 0 Å². The standard InChI is InChI=1S/C9H3F6N/c10-8(11,12)6-1-2-7(9(13,14)15)5(3-6)4-16/h1-3H. The van der Waals surface area contributed by atoms with Crippen LogP contribution in [0.1, 0.15) is 16.7 Å². The highest BCUT2D eigenvalue weighted by Crippen LogP contribution is 2.36. The predicted molar refractivity (Wildman–Crippen MR) is 41.2 cm³/mol. The minimum atomic E-state index is -4.84. The van der Waals surface area contributed by atoms with Gasteiger partial charge in [-0.05, 0) is 18.2 Å². The third-order valence-electron chi connectivity index (χ3n) is 1.77. The topological polar surface area (TPSA) is 23.8 Å². The number of nitrogens with zero attached hydrogens (tertiary/aromatic N) is 1. The molecule has 0 aliphatic rings. The van der Waals surface area contributed by atoms with Crippen molar-refractivity contribution in [1.29, 1.82) is 5.26 Å². The minimum absolute atomic E-state index is 0.183. The average Bonchev–Trinajstić information content (AvgIpc) is 2.14. The fourth-order valence-electron chi connectivity index (χ4n) is 1.06. The molecular formula is C9H3F6N. The Hall–Kier alpha value is -1.71. The van der Waals surface area contributed by atoms with Crippen molar-refractivity contribution >= 4 is 0 Å². The fraction of sp³-hybridized carbons (Fsp3) is 0.222. The van der Waals surface area contributed by atoms with Gasteiger partial charge in [0.25, 0.3) is 0 Å². The number of rotatable bonds is 0. The van der Waals surface area contributed by atoms with Crippen molar-refractivity contribution < 1.29 is 26.3 Å². The Balaban J connectivity index is 3.36. The van der Waals surface area contributed by atoms with Crippen LogP contribution in [0.4, 0.5) is 26.3 Å². The summed E-state index contributed by atoms with van der Waals surface area (Å²) in [6, 6.07) is 1.82. The number of nitriles is 1. The molecule has 1 aromatic rings. The molecule has 0 heterocycles. The number of hydrogen-bond acceptors (Lipinski definition) is 1. The van der Waals surface area contributed by atoms with Crippen molar-refractivity contribution in [3.8, 4) is 6.07 Å². The maximum absolute atomic E-state index is 12.2. The Morgan fingerprint density at radius 2 is 1.50 bits per heavy atom. The molecule has 0 aliphatic carbocycles. The molecule has 0 fully saturated rings. The van der Waals surface area contributed by atoms with Gasteiger partial charge in [-0.25, -0.2) is 0 Å². The van der Waals surface area contributed by atoms with Crippen LogP contribution in [-0.2, 0) is 12.4 Å². The summed E-state index contributed by atoms with van der Waals surface area (Å²) in [5.41, 5.74) is -3.69. The highest BCUT2D eigenvalue weighted by Gasteiger charge is 2.37. The van der Waals surface area contributed by atoms with Gasteiger partial charge in [0.2, 0.25) is 0 Å². The van der Waals surface area contributed by atoms with Gasteiger partial charge in [0, 0.05) is 0 Å². The highest BCUT2D eigenvalue weighted by atomic mass is 19.4. The lowest BCUT2D eigenvalue weighted by Crippen LogP contribution is -2.11. The van der Waals surface area contributed by atoms with E-state index in [9.17, 15) is 26.3 Å². The van der Waals surface area contributed by atoms with Gasteiger partial charge in [-0.2, -0.15) is 31.6 Å². The number of alkyl halides is 6. The number of halogens is 6. The molecule has 16 heavy (non-hydrogen) atoms. The third-order valence-corrected chi connectivity index (χ3v) is 1.77. The van der Waals surface area contributed by atoms with Crippen molar-refractivity contribution in [1.82, 2.24) is 0 Å². The molecular weight excluding hydrogens is 236 g/mol. The average molecular weight is 239 g/mol. The maximum atomic E-state index is 12.2. The van der Waals surface area contributed by atoms with Crippen LogP contribution in [0.3, 0.4) is 0 Å². The summed E-state index contributed by atoms with van der Waals surface area (Å²) in [5.74, 6) is 0. The molecule has 1 rings (SSSR count). The third kappa shape index (κ3) is 2.45. The Morgan fingerprint density at radius 1 is 0.938 bits per heavy atom.